The van der Waals surface area contributed by atoms with Crippen LogP contribution in [0.25, 0.3) is 5.69 Å². The van der Waals surface area contributed by atoms with Gasteiger partial charge in [0.1, 0.15) is 5.82 Å². The quantitative estimate of drug-likeness (QED) is 0.891. The molecule has 1 aromatic carbocycles. The van der Waals surface area contributed by atoms with E-state index in [1.165, 1.54) is 5.56 Å². The number of nitrogens with zero attached hydrogens (tertiary/aromatic N) is 2. The van der Waals surface area contributed by atoms with Gasteiger partial charge in [-0.05, 0) is 37.0 Å². The van der Waals surface area contributed by atoms with Gasteiger partial charge in [0.05, 0.1) is 6.10 Å². The van der Waals surface area contributed by atoms with Crippen LogP contribution in [0.5, 0.6) is 0 Å². The van der Waals surface area contributed by atoms with Gasteiger partial charge in [-0.2, -0.15) is 0 Å². The van der Waals surface area contributed by atoms with E-state index in [9.17, 15) is 5.11 Å². The van der Waals surface area contributed by atoms with E-state index >= 15 is 0 Å². The van der Waals surface area contributed by atoms with E-state index in [-0.39, 0.29) is 17.6 Å². The predicted molar refractivity (Wildman–Crippen MR) is 90.2 cm³/mol. The van der Waals surface area contributed by atoms with Crippen LogP contribution in [0.2, 0.25) is 0 Å². The van der Waals surface area contributed by atoms with E-state index in [0.717, 1.165) is 11.5 Å². The van der Waals surface area contributed by atoms with Gasteiger partial charge >= 0.3 is 0 Å². The molecule has 2 atom stereocenters. The van der Waals surface area contributed by atoms with Crippen LogP contribution in [0.1, 0.15) is 45.1 Å². The van der Waals surface area contributed by atoms with E-state index in [0.29, 0.717) is 6.54 Å². The highest BCUT2D eigenvalue weighted by Gasteiger charge is 2.22. The van der Waals surface area contributed by atoms with Gasteiger partial charge in [-0.15, -0.1) is 0 Å². The molecule has 1 aromatic heterocycles. The molecule has 0 aliphatic heterocycles. The number of nitrogens with one attached hydrogen (secondary N) is 1. The predicted octanol–water partition coefficient (Wildman–Crippen LogP) is 3.24. The molecule has 2 aromatic rings. The first kappa shape index (κ1) is 16.7. The molecule has 0 aliphatic rings. The van der Waals surface area contributed by atoms with Gasteiger partial charge in [0.15, 0.2) is 0 Å². The largest absolute Gasteiger partial charge is 0.391 e. The number of imidazole rings is 1. The van der Waals surface area contributed by atoms with Gasteiger partial charge in [0.2, 0.25) is 0 Å². The number of hydrogen-bond donors (Lipinski definition) is 2. The lowest BCUT2D eigenvalue weighted by Crippen LogP contribution is -2.37. The molecule has 0 bridgehead atoms. The van der Waals surface area contributed by atoms with Gasteiger partial charge in [-0.25, -0.2) is 4.98 Å². The fraction of sp³-hybridized carbons (Fsp3) is 0.500. The Morgan fingerprint density at radius 2 is 1.86 bits per heavy atom. The van der Waals surface area contributed by atoms with E-state index in [1.807, 2.05) is 33.9 Å². The molecule has 4 nitrogen and oxygen atoms in total. The summed E-state index contributed by atoms with van der Waals surface area (Å²) in [4.78, 5) is 4.25. The highest BCUT2D eigenvalue weighted by molar-refractivity contribution is 5.36. The van der Waals surface area contributed by atoms with Crippen LogP contribution in [-0.2, 0) is 0 Å². The first-order valence-electron chi connectivity index (χ1n) is 7.81. The minimum Gasteiger partial charge on any atom is -0.391 e. The molecule has 0 saturated heterocycles. The first-order chi connectivity index (χ1) is 10.3. The zero-order valence-electron chi connectivity index (χ0n) is 14.2. The molecule has 22 heavy (non-hydrogen) atoms. The summed E-state index contributed by atoms with van der Waals surface area (Å²) in [6, 6.07) is 8.64. The highest BCUT2D eigenvalue weighted by Crippen LogP contribution is 2.20. The maximum atomic E-state index is 10.1. The van der Waals surface area contributed by atoms with Gasteiger partial charge in [0.25, 0.3) is 0 Å². The average molecular weight is 301 g/mol. The third kappa shape index (κ3) is 3.96. The minimum absolute atomic E-state index is 0.102. The zero-order valence-corrected chi connectivity index (χ0v) is 14.2. The number of benzene rings is 1. The Bertz CT molecular complexity index is 596. The van der Waals surface area contributed by atoms with Crippen LogP contribution in [0.3, 0.4) is 0 Å². The number of rotatable bonds is 5. The van der Waals surface area contributed by atoms with Crippen molar-refractivity contribution >= 4 is 0 Å². The lowest BCUT2D eigenvalue weighted by atomic mass is 9.89. The second-order valence-corrected chi connectivity index (χ2v) is 6.95. The highest BCUT2D eigenvalue weighted by atomic mass is 16.3. The van der Waals surface area contributed by atoms with E-state index in [1.54, 1.807) is 6.20 Å². The van der Waals surface area contributed by atoms with Crippen molar-refractivity contribution < 1.29 is 5.11 Å². The molecule has 4 heteroatoms. The van der Waals surface area contributed by atoms with Crippen LogP contribution in [0, 0.1) is 12.3 Å². The second-order valence-electron chi connectivity index (χ2n) is 6.95. The smallest absolute Gasteiger partial charge is 0.110 e. The van der Waals surface area contributed by atoms with Crippen molar-refractivity contribution in [2.75, 3.05) is 6.54 Å². The van der Waals surface area contributed by atoms with E-state index in [4.69, 9.17) is 0 Å². The lowest BCUT2D eigenvalue weighted by molar-refractivity contribution is 0.0609. The fourth-order valence-electron chi connectivity index (χ4n) is 2.29. The Morgan fingerprint density at radius 3 is 2.36 bits per heavy atom. The van der Waals surface area contributed by atoms with Gasteiger partial charge < -0.3 is 15.0 Å². The van der Waals surface area contributed by atoms with Crippen molar-refractivity contribution in [1.29, 1.82) is 0 Å². The minimum atomic E-state index is -0.358. The standard InChI is InChI=1S/C18H27N3O/c1-13(20-12-17(22)18(3,4)5)15-6-8-16(9-7-15)21-11-10-19-14(21)2/h6-11,13,17,20,22H,12H2,1-5H3. The van der Waals surface area contributed by atoms with Crippen molar-refractivity contribution in [3.8, 4) is 5.69 Å². The first-order valence-corrected chi connectivity index (χ1v) is 7.81. The molecule has 0 saturated carbocycles. The zero-order chi connectivity index (χ0) is 16.3. The molecule has 0 amide bonds. The molecule has 0 spiro atoms. The Balaban J connectivity index is 2.00. The Labute approximate surface area is 133 Å². The Morgan fingerprint density at radius 1 is 1.23 bits per heavy atom. The SMILES string of the molecule is Cc1nccn1-c1ccc(C(C)NCC(O)C(C)(C)C)cc1. The monoisotopic (exact) mass is 301 g/mol. The van der Waals surface area contributed by atoms with Gasteiger partial charge in [-0.1, -0.05) is 32.9 Å². The van der Waals surface area contributed by atoms with Crippen molar-refractivity contribution in [3.05, 3.63) is 48.0 Å². The van der Waals surface area contributed by atoms with Crippen LogP contribution in [-0.4, -0.2) is 27.3 Å². The maximum Gasteiger partial charge on any atom is 0.110 e. The van der Waals surface area contributed by atoms with Gasteiger partial charge in [-0.3, -0.25) is 0 Å². The molecule has 0 aliphatic carbocycles. The molecule has 0 fully saturated rings. The van der Waals surface area contributed by atoms with E-state index < -0.39 is 0 Å². The summed E-state index contributed by atoms with van der Waals surface area (Å²) in [5.41, 5.74) is 2.22. The van der Waals surface area contributed by atoms with Gasteiger partial charge in [0, 0.05) is 30.7 Å². The second kappa shape index (κ2) is 6.63. The summed E-state index contributed by atoms with van der Waals surface area (Å²) in [6.45, 7) is 10.8. The number of aromatic nitrogens is 2. The Hall–Kier alpha value is -1.65. The number of aliphatic hydroxyl groups excluding tert-OH is 1. The fourth-order valence-corrected chi connectivity index (χ4v) is 2.29. The molecule has 1 heterocycles. The molecular weight excluding hydrogens is 274 g/mol. The van der Waals surface area contributed by atoms with Crippen LogP contribution in [0.4, 0.5) is 0 Å². The molecule has 0 radical (unpaired) electrons. The molecule has 2 rings (SSSR count). The summed E-state index contributed by atoms with van der Waals surface area (Å²) >= 11 is 0. The van der Waals surface area contributed by atoms with Crippen molar-refractivity contribution in [3.63, 3.8) is 0 Å². The normalized spacial score (nSPS) is 14.8. The van der Waals surface area contributed by atoms with E-state index in [2.05, 4.69) is 46.1 Å². The van der Waals surface area contributed by atoms with Crippen LogP contribution in [0.15, 0.2) is 36.7 Å². The van der Waals surface area contributed by atoms with Crippen molar-refractivity contribution in [2.45, 2.75) is 46.8 Å². The number of aryl methyl sites for hydroxylation is 1. The van der Waals surface area contributed by atoms with Crippen molar-refractivity contribution in [2.24, 2.45) is 5.41 Å². The molecule has 120 valence electrons. The summed E-state index contributed by atoms with van der Waals surface area (Å²) in [5.74, 6) is 0.979. The van der Waals surface area contributed by atoms with Crippen LogP contribution >= 0.6 is 0 Å². The molecule has 2 unspecified atom stereocenters. The third-order valence-corrected chi connectivity index (χ3v) is 4.11. The summed E-state index contributed by atoms with van der Waals surface area (Å²) < 4.78 is 2.06. The third-order valence-electron chi connectivity index (χ3n) is 4.11. The summed E-state index contributed by atoms with van der Waals surface area (Å²) in [5, 5.41) is 13.5. The summed E-state index contributed by atoms with van der Waals surface area (Å²) in [7, 11) is 0. The topological polar surface area (TPSA) is 50.1 Å². The molecule has 2 N–H and O–H groups in total. The van der Waals surface area contributed by atoms with Crippen molar-refractivity contribution in [1.82, 2.24) is 14.9 Å². The Kier molecular flexibility index (Phi) is 5.04. The average Bonchev–Trinajstić information content (AvgIpc) is 2.89. The number of aliphatic hydroxyl groups is 1. The summed E-state index contributed by atoms with van der Waals surface area (Å²) in [6.07, 6.45) is 3.41. The lowest BCUT2D eigenvalue weighted by Gasteiger charge is -2.27. The van der Waals surface area contributed by atoms with Crippen LogP contribution < -0.4 is 5.32 Å². The number of hydrogen-bond acceptors (Lipinski definition) is 3. The maximum absolute atomic E-state index is 10.1. The molecular formula is C18H27N3O.